The largest absolute Gasteiger partial charge is 0.453 e. The molecule has 2 aromatic carbocycles. The maximum Gasteiger partial charge on any atom is 0.225 e. The van der Waals surface area contributed by atoms with Gasteiger partial charge in [0.25, 0.3) is 0 Å². The standard InChI is InChI=1S/C24H24FN5O2/c1-26-24(29-14-17-12-23(31)30-21-7-3-2-6-19(17)21)28-13-16-8-9-22(20(25)11-16)32-18-5-4-10-27-15-18/h2-11,15,17H,12-14H2,1H3,(H,30,31)(H2,26,28,29). The first kappa shape index (κ1) is 21.3. The highest BCUT2D eigenvalue weighted by Crippen LogP contribution is 2.31. The Labute approximate surface area is 185 Å². The zero-order chi connectivity index (χ0) is 22.3. The molecule has 3 N–H and O–H groups in total. The minimum absolute atomic E-state index is 0.00233. The molecule has 2 heterocycles. The predicted molar refractivity (Wildman–Crippen MR) is 121 cm³/mol. The van der Waals surface area contributed by atoms with Gasteiger partial charge in [-0.1, -0.05) is 24.3 Å². The average Bonchev–Trinajstić information content (AvgIpc) is 2.81. The summed E-state index contributed by atoms with van der Waals surface area (Å²) < 4.78 is 20.0. The number of hydrogen-bond donors (Lipinski definition) is 3. The fourth-order valence-electron chi connectivity index (χ4n) is 3.58. The number of aliphatic imine (C=N–C) groups is 1. The fraction of sp³-hybridized carbons (Fsp3) is 0.208. The highest BCUT2D eigenvalue weighted by atomic mass is 19.1. The van der Waals surface area contributed by atoms with Crippen LogP contribution in [0.5, 0.6) is 11.5 Å². The normalized spacial score (nSPS) is 15.5. The van der Waals surface area contributed by atoms with Crippen molar-refractivity contribution in [2.45, 2.75) is 18.9 Å². The highest BCUT2D eigenvalue weighted by molar-refractivity contribution is 5.94. The number of nitrogens with zero attached hydrogens (tertiary/aromatic N) is 2. The number of halogens is 1. The van der Waals surface area contributed by atoms with Crippen LogP contribution < -0.4 is 20.7 Å². The van der Waals surface area contributed by atoms with Gasteiger partial charge in [0.2, 0.25) is 5.91 Å². The van der Waals surface area contributed by atoms with Crippen LogP contribution in [0.3, 0.4) is 0 Å². The molecule has 0 saturated carbocycles. The zero-order valence-corrected chi connectivity index (χ0v) is 17.6. The summed E-state index contributed by atoms with van der Waals surface area (Å²) in [4.78, 5) is 20.2. The second-order valence-corrected chi connectivity index (χ2v) is 7.40. The lowest BCUT2D eigenvalue weighted by Gasteiger charge is -2.26. The van der Waals surface area contributed by atoms with Crippen LogP contribution >= 0.6 is 0 Å². The van der Waals surface area contributed by atoms with Crippen LogP contribution in [-0.2, 0) is 11.3 Å². The van der Waals surface area contributed by atoms with Crippen LogP contribution in [0.25, 0.3) is 0 Å². The van der Waals surface area contributed by atoms with Crippen molar-refractivity contribution in [1.82, 2.24) is 15.6 Å². The summed E-state index contributed by atoms with van der Waals surface area (Å²) in [6.45, 7) is 0.932. The summed E-state index contributed by atoms with van der Waals surface area (Å²) in [5.41, 5.74) is 2.69. The lowest BCUT2D eigenvalue weighted by molar-refractivity contribution is -0.116. The molecule has 1 atom stereocenters. The number of ether oxygens (including phenoxy) is 1. The summed E-state index contributed by atoms with van der Waals surface area (Å²) in [7, 11) is 1.67. The van der Waals surface area contributed by atoms with Gasteiger partial charge < -0.3 is 20.7 Å². The number of pyridine rings is 1. The topological polar surface area (TPSA) is 87.6 Å². The number of fused-ring (bicyclic) bond motifs is 1. The molecule has 0 fully saturated rings. The van der Waals surface area contributed by atoms with Gasteiger partial charge in [0.1, 0.15) is 5.75 Å². The second-order valence-electron chi connectivity index (χ2n) is 7.40. The SMILES string of the molecule is CN=C(NCc1ccc(Oc2cccnc2)c(F)c1)NCC1CC(=O)Nc2ccccc21. The lowest BCUT2D eigenvalue weighted by atomic mass is 9.90. The first-order chi connectivity index (χ1) is 15.6. The first-order valence-corrected chi connectivity index (χ1v) is 10.3. The number of amides is 1. The third-order valence-corrected chi connectivity index (χ3v) is 5.16. The third-order valence-electron chi connectivity index (χ3n) is 5.16. The van der Waals surface area contributed by atoms with Crippen molar-refractivity contribution in [2.24, 2.45) is 4.99 Å². The van der Waals surface area contributed by atoms with E-state index in [2.05, 4.69) is 25.9 Å². The van der Waals surface area contributed by atoms with Crippen LogP contribution in [0.1, 0.15) is 23.5 Å². The Morgan fingerprint density at radius 1 is 1.22 bits per heavy atom. The van der Waals surface area contributed by atoms with E-state index in [-0.39, 0.29) is 17.6 Å². The molecule has 7 nitrogen and oxygen atoms in total. The molecule has 0 radical (unpaired) electrons. The van der Waals surface area contributed by atoms with Crippen molar-refractivity contribution in [3.8, 4) is 11.5 Å². The molecule has 3 aromatic rings. The van der Waals surface area contributed by atoms with Gasteiger partial charge in [0.05, 0.1) is 6.20 Å². The monoisotopic (exact) mass is 433 g/mol. The van der Waals surface area contributed by atoms with Crippen LogP contribution in [0, 0.1) is 5.82 Å². The van der Waals surface area contributed by atoms with E-state index in [1.54, 1.807) is 37.5 Å². The highest BCUT2D eigenvalue weighted by Gasteiger charge is 2.24. The van der Waals surface area contributed by atoms with Gasteiger partial charge in [0.15, 0.2) is 17.5 Å². The number of benzene rings is 2. The summed E-state index contributed by atoms with van der Waals surface area (Å²) in [5, 5.41) is 9.34. The molecule has 8 heteroatoms. The fourth-order valence-corrected chi connectivity index (χ4v) is 3.58. The van der Waals surface area contributed by atoms with Crippen molar-refractivity contribution in [3.63, 3.8) is 0 Å². The molecule has 0 spiro atoms. The van der Waals surface area contributed by atoms with Gasteiger partial charge >= 0.3 is 0 Å². The minimum Gasteiger partial charge on any atom is -0.453 e. The van der Waals surface area contributed by atoms with Crippen molar-refractivity contribution < 1.29 is 13.9 Å². The molecule has 1 aliphatic rings. The Morgan fingerprint density at radius 2 is 2.09 bits per heavy atom. The number of guanidine groups is 1. The van der Waals surface area contributed by atoms with Crippen LogP contribution in [0.2, 0.25) is 0 Å². The molecule has 32 heavy (non-hydrogen) atoms. The number of hydrogen-bond acceptors (Lipinski definition) is 4. The summed E-state index contributed by atoms with van der Waals surface area (Å²) in [6, 6.07) is 16.0. The van der Waals surface area contributed by atoms with Gasteiger partial charge in [-0.3, -0.25) is 14.8 Å². The van der Waals surface area contributed by atoms with E-state index < -0.39 is 5.82 Å². The Hall–Kier alpha value is -3.94. The number of aromatic nitrogens is 1. The number of carbonyl (C=O) groups is 1. The second kappa shape index (κ2) is 9.91. The van der Waals surface area contributed by atoms with Crippen LogP contribution in [0.4, 0.5) is 10.1 Å². The third kappa shape index (κ3) is 5.21. The summed E-state index contributed by atoms with van der Waals surface area (Å²) in [5.74, 6) is 0.770. The van der Waals surface area contributed by atoms with Crippen molar-refractivity contribution in [2.75, 3.05) is 18.9 Å². The molecule has 0 aliphatic carbocycles. The van der Waals surface area contributed by atoms with Gasteiger partial charge in [-0.05, 0) is 41.5 Å². The molecule has 1 unspecified atom stereocenters. The number of nitrogens with one attached hydrogen (secondary N) is 3. The van der Waals surface area contributed by atoms with Crippen molar-refractivity contribution in [1.29, 1.82) is 0 Å². The van der Waals surface area contributed by atoms with E-state index in [0.29, 0.717) is 31.2 Å². The van der Waals surface area contributed by atoms with Crippen LogP contribution in [0.15, 0.2) is 72.0 Å². The molecule has 1 aliphatic heterocycles. The molecule has 1 amide bonds. The van der Waals surface area contributed by atoms with Gasteiger partial charge in [-0.15, -0.1) is 0 Å². The molecule has 164 valence electrons. The Morgan fingerprint density at radius 3 is 2.88 bits per heavy atom. The van der Waals surface area contributed by atoms with E-state index in [9.17, 15) is 9.18 Å². The van der Waals surface area contributed by atoms with E-state index in [1.807, 2.05) is 24.3 Å². The number of rotatable bonds is 6. The summed E-state index contributed by atoms with van der Waals surface area (Å²) in [6.07, 6.45) is 3.56. The van der Waals surface area contributed by atoms with Crippen molar-refractivity contribution in [3.05, 3.63) is 83.9 Å². The van der Waals surface area contributed by atoms with Crippen LogP contribution in [-0.4, -0.2) is 30.4 Å². The Bertz CT molecular complexity index is 1120. The zero-order valence-electron chi connectivity index (χ0n) is 17.6. The summed E-state index contributed by atoms with van der Waals surface area (Å²) >= 11 is 0. The molecule has 1 aromatic heterocycles. The number of anilines is 1. The Balaban J connectivity index is 1.33. The first-order valence-electron chi connectivity index (χ1n) is 10.3. The van der Waals surface area contributed by atoms with Gasteiger partial charge in [-0.25, -0.2) is 4.39 Å². The van der Waals surface area contributed by atoms with Gasteiger partial charge in [-0.2, -0.15) is 0 Å². The molecule has 4 rings (SSSR count). The molecular formula is C24H24FN5O2. The maximum absolute atomic E-state index is 14.5. The smallest absolute Gasteiger partial charge is 0.225 e. The van der Waals surface area contributed by atoms with Crippen molar-refractivity contribution >= 4 is 17.6 Å². The predicted octanol–water partition coefficient (Wildman–Crippen LogP) is 3.80. The van der Waals surface area contributed by atoms with E-state index in [4.69, 9.17) is 4.74 Å². The average molecular weight is 433 g/mol. The van der Waals surface area contributed by atoms with E-state index >= 15 is 0 Å². The van der Waals surface area contributed by atoms with E-state index in [1.165, 1.54) is 12.3 Å². The molecule has 0 saturated heterocycles. The molecule has 0 bridgehead atoms. The van der Waals surface area contributed by atoms with Gasteiger partial charge in [0, 0.05) is 44.4 Å². The molecular weight excluding hydrogens is 409 g/mol. The van der Waals surface area contributed by atoms with E-state index in [0.717, 1.165) is 16.8 Å². The minimum atomic E-state index is -0.457. The lowest BCUT2D eigenvalue weighted by Crippen LogP contribution is -2.40. The maximum atomic E-state index is 14.5. The Kier molecular flexibility index (Phi) is 6.60. The quantitative estimate of drug-likeness (QED) is 0.407. The number of para-hydroxylation sites is 1. The number of carbonyl (C=O) groups excluding carboxylic acids is 1.